The van der Waals surface area contributed by atoms with E-state index >= 15 is 0 Å². The SMILES string of the molecule is N#CC1(NC(=O)CCSc2ccnc3cc(Cl)ccc23)CC1. The van der Waals surface area contributed by atoms with Crippen LogP contribution >= 0.6 is 23.4 Å². The van der Waals surface area contributed by atoms with Crippen molar-refractivity contribution in [2.24, 2.45) is 0 Å². The van der Waals surface area contributed by atoms with Crippen LogP contribution in [-0.2, 0) is 4.79 Å². The number of rotatable bonds is 5. The average Bonchev–Trinajstić information content (AvgIpc) is 3.27. The molecule has 0 spiro atoms. The number of fused-ring (bicyclic) bond motifs is 1. The summed E-state index contributed by atoms with van der Waals surface area (Å²) in [5.41, 5.74) is 0.269. The molecule has 2 aromatic rings. The Bertz CT molecular complexity index is 768. The number of amides is 1. The van der Waals surface area contributed by atoms with Crippen molar-refractivity contribution in [2.45, 2.75) is 29.7 Å². The van der Waals surface area contributed by atoms with Crippen LogP contribution in [0.3, 0.4) is 0 Å². The molecular weight excluding hydrogens is 318 g/mol. The molecule has 4 nitrogen and oxygen atoms in total. The summed E-state index contributed by atoms with van der Waals surface area (Å²) in [7, 11) is 0. The third kappa shape index (κ3) is 3.34. The summed E-state index contributed by atoms with van der Waals surface area (Å²) in [6.07, 6.45) is 3.66. The number of pyridine rings is 1. The number of hydrogen-bond acceptors (Lipinski definition) is 4. The van der Waals surface area contributed by atoms with Gasteiger partial charge in [-0.15, -0.1) is 11.8 Å². The smallest absolute Gasteiger partial charge is 0.222 e. The van der Waals surface area contributed by atoms with E-state index in [0.29, 0.717) is 17.2 Å². The number of thioether (sulfide) groups is 1. The summed E-state index contributed by atoms with van der Waals surface area (Å²) in [6.45, 7) is 0. The van der Waals surface area contributed by atoms with Gasteiger partial charge in [0.25, 0.3) is 0 Å². The summed E-state index contributed by atoms with van der Waals surface area (Å²) in [4.78, 5) is 17.2. The summed E-state index contributed by atoms with van der Waals surface area (Å²) in [5.74, 6) is 0.600. The molecule has 1 aliphatic rings. The molecule has 0 aliphatic heterocycles. The van der Waals surface area contributed by atoms with Gasteiger partial charge in [0.2, 0.25) is 5.91 Å². The molecule has 0 bridgehead atoms. The van der Waals surface area contributed by atoms with Crippen molar-refractivity contribution >= 4 is 40.2 Å². The number of halogens is 1. The second-order valence-electron chi connectivity index (χ2n) is 5.31. The molecule has 112 valence electrons. The van der Waals surface area contributed by atoms with Crippen LogP contribution in [0.1, 0.15) is 19.3 Å². The van der Waals surface area contributed by atoms with Crippen LogP contribution in [0.25, 0.3) is 10.9 Å². The van der Waals surface area contributed by atoms with Gasteiger partial charge in [-0.2, -0.15) is 5.26 Å². The predicted molar refractivity (Wildman–Crippen MR) is 87.8 cm³/mol. The Morgan fingerprint density at radius 2 is 2.27 bits per heavy atom. The van der Waals surface area contributed by atoms with Crippen molar-refractivity contribution in [3.05, 3.63) is 35.5 Å². The van der Waals surface area contributed by atoms with Crippen molar-refractivity contribution in [1.29, 1.82) is 5.26 Å². The molecule has 1 fully saturated rings. The van der Waals surface area contributed by atoms with E-state index in [9.17, 15) is 4.79 Å². The Morgan fingerprint density at radius 1 is 1.45 bits per heavy atom. The first-order valence-corrected chi connectivity index (χ1v) is 8.38. The Morgan fingerprint density at radius 3 is 3.00 bits per heavy atom. The van der Waals surface area contributed by atoms with Crippen LogP contribution < -0.4 is 5.32 Å². The van der Waals surface area contributed by atoms with Gasteiger partial charge in [-0.05, 0) is 31.0 Å². The molecule has 1 N–H and O–H groups in total. The number of carbonyl (C=O) groups excluding carboxylic acids is 1. The Kier molecular flexibility index (Phi) is 4.23. The van der Waals surface area contributed by atoms with E-state index in [1.54, 1.807) is 18.0 Å². The summed E-state index contributed by atoms with van der Waals surface area (Å²) < 4.78 is 0. The molecule has 1 aromatic carbocycles. The fourth-order valence-corrected chi connectivity index (χ4v) is 3.35. The van der Waals surface area contributed by atoms with Crippen molar-refractivity contribution in [1.82, 2.24) is 10.3 Å². The highest BCUT2D eigenvalue weighted by atomic mass is 35.5. The summed E-state index contributed by atoms with van der Waals surface area (Å²) in [5, 5.41) is 13.5. The topological polar surface area (TPSA) is 65.8 Å². The third-order valence-corrected chi connectivity index (χ3v) is 4.90. The molecular formula is C16H14ClN3OS. The Labute approximate surface area is 137 Å². The number of carbonyl (C=O) groups is 1. The number of aromatic nitrogens is 1. The van der Waals surface area contributed by atoms with Crippen LogP contribution in [0.15, 0.2) is 35.4 Å². The monoisotopic (exact) mass is 331 g/mol. The molecule has 1 aromatic heterocycles. The molecule has 0 unspecified atom stereocenters. The minimum atomic E-state index is -0.581. The quantitative estimate of drug-likeness (QED) is 0.851. The predicted octanol–water partition coefficient (Wildman–Crippen LogP) is 3.54. The van der Waals surface area contributed by atoms with Crippen LogP contribution in [0.4, 0.5) is 0 Å². The van der Waals surface area contributed by atoms with Crippen molar-refractivity contribution in [3.8, 4) is 6.07 Å². The van der Waals surface area contributed by atoms with Gasteiger partial charge in [-0.3, -0.25) is 9.78 Å². The summed E-state index contributed by atoms with van der Waals surface area (Å²) in [6, 6.07) is 9.72. The highest BCUT2D eigenvalue weighted by Gasteiger charge is 2.44. The van der Waals surface area contributed by atoms with Gasteiger partial charge in [0.1, 0.15) is 5.54 Å². The van der Waals surface area contributed by atoms with Gasteiger partial charge in [0.05, 0.1) is 11.6 Å². The van der Waals surface area contributed by atoms with Crippen LogP contribution in [0, 0.1) is 11.3 Å². The second-order valence-corrected chi connectivity index (χ2v) is 6.88. The molecule has 0 saturated heterocycles. The first-order chi connectivity index (χ1) is 10.6. The largest absolute Gasteiger partial charge is 0.338 e. The van der Waals surface area contributed by atoms with Gasteiger partial charge in [0, 0.05) is 33.7 Å². The van der Waals surface area contributed by atoms with E-state index in [1.165, 1.54) is 0 Å². The number of nitrogens with zero attached hydrogens (tertiary/aromatic N) is 2. The van der Waals surface area contributed by atoms with Crippen LogP contribution in [-0.4, -0.2) is 22.2 Å². The Balaban J connectivity index is 1.60. The van der Waals surface area contributed by atoms with Crippen LogP contribution in [0.2, 0.25) is 5.02 Å². The lowest BCUT2D eigenvalue weighted by molar-refractivity contribution is -0.121. The normalized spacial score (nSPS) is 15.3. The lowest BCUT2D eigenvalue weighted by Crippen LogP contribution is -2.35. The van der Waals surface area contributed by atoms with Gasteiger partial charge in [-0.25, -0.2) is 0 Å². The highest BCUT2D eigenvalue weighted by molar-refractivity contribution is 7.99. The fraction of sp³-hybridized carbons (Fsp3) is 0.312. The molecule has 22 heavy (non-hydrogen) atoms. The Hall–Kier alpha value is -1.77. The molecule has 1 heterocycles. The van der Waals surface area contributed by atoms with Crippen molar-refractivity contribution in [3.63, 3.8) is 0 Å². The number of hydrogen-bond donors (Lipinski definition) is 1. The maximum atomic E-state index is 11.9. The molecule has 1 saturated carbocycles. The van der Waals surface area contributed by atoms with Crippen molar-refractivity contribution < 1.29 is 4.79 Å². The van der Waals surface area contributed by atoms with Gasteiger partial charge < -0.3 is 5.32 Å². The third-order valence-electron chi connectivity index (χ3n) is 3.59. The van der Waals surface area contributed by atoms with Crippen LogP contribution in [0.5, 0.6) is 0 Å². The van der Waals surface area contributed by atoms with Gasteiger partial charge in [-0.1, -0.05) is 17.7 Å². The van der Waals surface area contributed by atoms with E-state index in [-0.39, 0.29) is 5.91 Å². The van der Waals surface area contributed by atoms with Gasteiger partial charge >= 0.3 is 0 Å². The van der Waals surface area contributed by atoms with E-state index in [2.05, 4.69) is 16.4 Å². The first-order valence-electron chi connectivity index (χ1n) is 7.01. The number of benzene rings is 1. The highest BCUT2D eigenvalue weighted by Crippen LogP contribution is 2.34. The molecule has 1 aliphatic carbocycles. The number of nitrogens with one attached hydrogen (secondary N) is 1. The van der Waals surface area contributed by atoms with E-state index < -0.39 is 5.54 Å². The minimum Gasteiger partial charge on any atom is -0.338 e. The minimum absolute atomic E-state index is 0.0621. The lowest BCUT2D eigenvalue weighted by Gasteiger charge is -2.09. The standard InChI is InChI=1S/C16H14ClN3OS/c17-11-1-2-12-13(9-11)19-7-3-14(12)22-8-4-15(21)20-16(10-18)5-6-16/h1-3,7,9H,4-6,8H2,(H,20,21). The molecule has 3 rings (SSSR count). The van der Waals surface area contributed by atoms with E-state index in [0.717, 1.165) is 28.6 Å². The first kappa shape index (κ1) is 15.1. The average molecular weight is 332 g/mol. The van der Waals surface area contributed by atoms with Gasteiger partial charge in [0.15, 0.2) is 0 Å². The maximum Gasteiger partial charge on any atom is 0.222 e. The maximum absolute atomic E-state index is 11.9. The fourth-order valence-electron chi connectivity index (χ4n) is 2.19. The lowest BCUT2D eigenvalue weighted by atomic mass is 10.2. The second kappa shape index (κ2) is 6.15. The molecule has 6 heteroatoms. The van der Waals surface area contributed by atoms with Crippen molar-refractivity contribution in [2.75, 3.05) is 5.75 Å². The number of nitriles is 1. The van der Waals surface area contributed by atoms with E-state index in [4.69, 9.17) is 16.9 Å². The summed E-state index contributed by atoms with van der Waals surface area (Å²) >= 11 is 7.58. The zero-order valence-electron chi connectivity index (χ0n) is 11.8. The zero-order chi connectivity index (χ0) is 15.6. The zero-order valence-corrected chi connectivity index (χ0v) is 13.4. The molecule has 1 amide bonds. The molecule has 0 atom stereocenters. The van der Waals surface area contributed by atoms with E-state index in [1.807, 2.05) is 24.3 Å². The molecule has 0 radical (unpaired) electrons.